The van der Waals surface area contributed by atoms with Crippen molar-refractivity contribution in [3.05, 3.63) is 24.3 Å². The van der Waals surface area contributed by atoms with E-state index in [0.29, 0.717) is 5.95 Å². The van der Waals surface area contributed by atoms with Crippen LogP contribution in [0.15, 0.2) is 24.3 Å². The predicted octanol–water partition coefficient (Wildman–Crippen LogP) is 2.38. The largest absolute Gasteiger partial charge is 0.344 e. The van der Waals surface area contributed by atoms with Crippen LogP contribution in [0.1, 0.15) is 26.2 Å². The molecule has 2 aromatic rings. The number of hydrogen-bond donors (Lipinski definition) is 2. The van der Waals surface area contributed by atoms with E-state index in [2.05, 4.69) is 15.3 Å². The fourth-order valence-corrected chi connectivity index (χ4v) is 2.68. The van der Waals surface area contributed by atoms with E-state index >= 15 is 0 Å². The molecule has 20 heavy (non-hydrogen) atoms. The lowest BCUT2D eigenvalue weighted by Crippen LogP contribution is -2.44. The molecule has 1 atom stereocenters. The van der Waals surface area contributed by atoms with Crippen LogP contribution in [0.3, 0.4) is 0 Å². The van der Waals surface area contributed by atoms with E-state index in [1.807, 2.05) is 36.1 Å². The molecule has 2 heterocycles. The van der Waals surface area contributed by atoms with E-state index in [0.717, 1.165) is 37.0 Å². The van der Waals surface area contributed by atoms with Crippen LogP contribution in [0.5, 0.6) is 0 Å². The van der Waals surface area contributed by atoms with Crippen LogP contribution in [-0.4, -0.2) is 39.9 Å². The fourth-order valence-electron chi connectivity index (χ4n) is 2.68. The minimum atomic E-state index is -0.256. The molecule has 1 unspecified atom stereocenters. The third-order valence-corrected chi connectivity index (χ3v) is 3.78. The number of rotatable bonds is 3. The second-order valence-electron chi connectivity index (χ2n) is 5.35. The van der Waals surface area contributed by atoms with Crippen LogP contribution < -0.4 is 5.32 Å². The van der Waals surface area contributed by atoms with Crippen LogP contribution in [0.25, 0.3) is 11.0 Å². The van der Waals surface area contributed by atoms with Gasteiger partial charge >= 0.3 is 0 Å². The molecule has 3 rings (SSSR count). The first-order valence-corrected chi connectivity index (χ1v) is 7.24. The zero-order valence-electron chi connectivity index (χ0n) is 11.7. The summed E-state index contributed by atoms with van der Waals surface area (Å²) in [6, 6.07) is 7.59. The minimum Gasteiger partial charge on any atom is -0.344 e. The van der Waals surface area contributed by atoms with Gasteiger partial charge in [-0.05, 0) is 38.3 Å². The summed E-state index contributed by atoms with van der Waals surface area (Å²) in [4.78, 5) is 21.9. The van der Waals surface area contributed by atoms with Crippen LogP contribution in [0.4, 0.5) is 5.95 Å². The first-order chi connectivity index (χ1) is 9.74. The standard InChI is InChI=1S/C15H20N4O/c1-11(14(20)19-9-5-2-6-10-19)16-15-17-12-7-3-4-8-13(12)18-15/h3-4,7-8,11H,2,5-6,9-10H2,1H3,(H2,16,17,18). The maximum absolute atomic E-state index is 12.3. The Kier molecular flexibility index (Phi) is 3.58. The molecule has 1 aromatic carbocycles. The van der Waals surface area contributed by atoms with Gasteiger partial charge in [-0.25, -0.2) is 4.98 Å². The molecule has 2 N–H and O–H groups in total. The zero-order chi connectivity index (χ0) is 13.9. The van der Waals surface area contributed by atoms with E-state index in [1.54, 1.807) is 0 Å². The molecule has 5 heteroatoms. The van der Waals surface area contributed by atoms with Crippen molar-refractivity contribution in [2.75, 3.05) is 18.4 Å². The second-order valence-corrected chi connectivity index (χ2v) is 5.35. The van der Waals surface area contributed by atoms with Crippen molar-refractivity contribution >= 4 is 22.9 Å². The normalized spacial score (nSPS) is 17.1. The van der Waals surface area contributed by atoms with Crippen molar-refractivity contribution in [1.82, 2.24) is 14.9 Å². The number of imidazole rings is 1. The number of carbonyl (C=O) groups excluding carboxylic acids is 1. The molecule has 0 aliphatic carbocycles. The monoisotopic (exact) mass is 272 g/mol. The summed E-state index contributed by atoms with van der Waals surface area (Å²) in [5.74, 6) is 0.814. The third kappa shape index (κ3) is 2.61. The zero-order valence-corrected chi connectivity index (χ0v) is 11.7. The van der Waals surface area contributed by atoms with E-state index in [-0.39, 0.29) is 11.9 Å². The molecule has 0 spiro atoms. The second kappa shape index (κ2) is 5.53. The van der Waals surface area contributed by atoms with Crippen molar-refractivity contribution in [3.8, 4) is 0 Å². The molecule has 0 bridgehead atoms. The van der Waals surface area contributed by atoms with Gasteiger partial charge in [-0.1, -0.05) is 12.1 Å². The third-order valence-electron chi connectivity index (χ3n) is 3.78. The van der Waals surface area contributed by atoms with Crippen molar-refractivity contribution in [1.29, 1.82) is 0 Å². The van der Waals surface area contributed by atoms with Crippen molar-refractivity contribution in [2.45, 2.75) is 32.2 Å². The SMILES string of the molecule is CC(Nc1nc2ccccc2[nH]1)C(=O)N1CCCCC1. The first-order valence-electron chi connectivity index (χ1n) is 7.24. The number of para-hydroxylation sites is 2. The molecule has 1 amide bonds. The maximum Gasteiger partial charge on any atom is 0.244 e. The van der Waals surface area contributed by atoms with Gasteiger partial charge in [0.25, 0.3) is 0 Å². The summed E-state index contributed by atoms with van der Waals surface area (Å²) in [5.41, 5.74) is 1.89. The summed E-state index contributed by atoms with van der Waals surface area (Å²) < 4.78 is 0. The predicted molar refractivity (Wildman–Crippen MR) is 79.6 cm³/mol. The summed E-state index contributed by atoms with van der Waals surface area (Å²) in [5, 5.41) is 3.17. The molecule has 1 saturated heterocycles. The molecule has 1 aliphatic rings. The number of amides is 1. The van der Waals surface area contributed by atoms with E-state index in [4.69, 9.17) is 0 Å². The average Bonchev–Trinajstić information content (AvgIpc) is 2.89. The quantitative estimate of drug-likeness (QED) is 0.901. The Morgan fingerprint density at radius 3 is 2.80 bits per heavy atom. The van der Waals surface area contributed by atoms with E-state index < -0.39 is 0 Å². The van der Waals surface area contributed by atoms with Gasteiger partial charge in [0.1, 0.15) is 6.04 Å². The Morgan fingerprint density at radius 1 is 1.30 bits per heavy atom. The summed E-state index contributed by atoms with van der Waals surface area (Å²) in [6.07, 6.45) is 3.46. The number of H-pyrrole nitrogens is 1. The number of aromatic nitrogens is 2. The van der Waals surface area contributed by atoms with Gasteiger partial charge in [-0.15, -0.1) is 0 Å². The molecular formula is C15H20N4O. The average molecular weight is 272 g/mol. The molecular weight excluding hydrogens is 252 g/mol. The maximum atomic E-state index is 12.3. The summed E-state index contributed by atoms with van der Waals surface area (Å²) in [6.45, 7) is 3.65. The van der Waals surface area contributed by atoms with Gasteiger partial charge in [-0.2, -0.15) is 0 Å². The van der Waals surface area contributed by atoms with Crippen molar-refractivity contribution in [2.24, 2.45) is 0 Å². The van der Waals surface area contributed by atoms with Crippen molar-refractivity contribution in [3.63, 3.8) is 0 Å². The topological polar surface area (TPSA) is 61.0 Å². The molecule has 0 radical (unpaired) electrons. The number of aromatic amines is 1. The smallest absolute Gasteiger partial charge is 0.244 e. The van der Waals surface area contributed by atoms with Crippen molar-refractivity contribution < 1.29 is 4.79 Å². The minimum absolute atomic E-state index is 0.158. The number of hydrogen-bond acceptors (Lipinski definition) is 3. The Balaban J connectivity index is 1.68. The molecule has 1 aliphatic heterocycles. The van der Waals surface area contributed by atoms with E-state index in [9.17, 15) is 4.79 Å². The summed E-state index contributed by atoms with van der Waals surface area (Å²) >= 11 is 0. The lowest BCUT2D eigenvalue weighted by atomic mass is 10.1. The molecule has 1 aromatic heterocycles. The first kappa shape index (κ1) is 13.0. The number of fused-ring (bicyclic) bond motifs is 1. The molecule has 1 fully saturated rings. The number of nitrogens with zero attached hydrogens (tertiary/aromatic N) is 2. The van der Waals surface area contributed by atoms with Gasteiger partial charge in [0.2, 0.25) is 11.9 Å². The van der Waals surface area contributed by atoms with Gasteiger partial charge in [0.05, 0.1) is 11.0 Å². The number of nitrogens with one attached hydrogen (secondary N) is 2. The highest BCUT2D eigenvalue weighted by Crippen LogP contribution is 2.15. The van der Waals surface area contributed by atoms with Gasteiger partial charge in [0.15, 0.2) is 0 Å². The van der Waals surface area contributed by atoms with Crippen LogP contribution >= 0.6 is 0 Å². The summed E-state index contributed by atoms with van der Waals surface area (Å²) in [7, 11) is 0. The number of carbonyl (C=O) groups is 1. The van der Waals surface area contributed by atoms with Gasteiger partial charge in [-0.3, -0.25) is 4.79 Å². The van der Waals surface area contributed by atoms with Gasteiger partial charge < -0.3 is 15.2 Å². The Hall–Kier alpha value is -2.04. The Labute approximate surface area is 118 Å². The number of benzene rings is 1. The number of piperidine rings is 1. The molecule has 5 nitrogen and oxygen atoms in total. The Bertz CT molecular complexity index is 568. The lowest BCUT2D eigenvalue weighted by molar-refractivity contribution is -0.132. The molecule has 106 valence electrons. The van der Waals surface area contributed by atoms with Crippen LogP contribution in [0, 0.1) is 0 Å². The highest BCUT2D eigenvalue weighted by Gasteiger charge is 2.22. The van der Waals surface area contributed by atoms with E-state index in [1.165, 1.54) is 6.42 Å². The fraction of sp³-hybridized carbons (Fsp3) is 0.467. The number of likely N-dealkylation sites (tertiary alicyclic amines) is 1. The van der Waals surface area contributed by atoms with Gasteiger partial charge in [0, 0.05) is 13.1 Å². The molecule has 0 saturated carbocycles. The lowest BCUT2D eigenvalue weighted by Gasteiger charge is -2.29. The highest BCUT2D eigenvalue weighted by atomic mass is 16.2. The number of anilines is 1. The highest BCUT2D eigenvalue weighted by molar-refractivity contribution is 5.85. The Morgan fingerprint density at radius 2 is 2.05 bits per heavy atom. The van der Waals surface area contributed by atoms with Crippen LogP contribution in [-0.2, 0) is 4.79 Å². The van der Waals surface area contributed by atoms with Crippen LogP contribution in [0.2, 0.25) is 0 Å².